The van der Waals surface area contributed by atoms with Crippen molar-refractivity contribution in [2.45, 2.75) is 89.2 Å². The van der Waals surface area contributed by atoms with Crippen molar-refractivity contribution in [3.05, 3.63) is 23.9 Å². The molecule has 3 heterocycles. The first-order chi connectivity index (χ1) is 13.1. The molecule has 4 rings (SSSR count). The Bertz CT molecular complexity index is 617. The highest BCUT2D eigenvalue weighted by Gasteiger charge is 2.48. The SMILES string of the molecule is CC1CC(CCCC[C@@]2(C3=CC=CCN3)CCOC3(CCCC3)C2)=NN1C. The molecule has 0 amide bonds. The topological polar surface area (TPSA) is 36.9 Å². The summed E-state index contributed by atoms with van der Waals surface area (Å²) in [4.78, 5) is 0. The number of dihydropyridines is 1. The van der Waals surface area contributed by atoms with E-state index < -0.39 is 0 Å². The number of hydrogen-bond donors (Lipinski definition) is 1. The Morgan fingerprint density at radius 2 is 2.11 bits per heavy atom. The van der Waals surface area contributed by atoms with Gasteiger partial charge in [-0.2, -0.15) is 5.10 Å². The molecule has 4 heteroatoms. The van der Waals surface area contributed by atoms with Crippen LogP contribution in [0.4, 0.5) is 0 Å². The number of hydrogen-bond acceptors (Lipinski definition) is 4. The van der Waals surface area contributed by atoms with Crippen molar-refractivity contribution in [3.63, 3.8) is 0 Å². The summed E-state index contributed by atoms with van der Waals surface area (Å²) in [5.74, 6) is 0. The normalized spacial score (nSPS) is 32.5. The average Bonchev–Trinajstić information content (AvgIpc) is 3.26. The van der Waals surface area contributed by atoms with Crippen LogP contribution >= 0.6 is 0 Å². The van der Waals surface area contributed by atoms with E-state index in [1.165, 1.54) is 75.6 Å². The lowest BCUT2D eigenvalue weighted by Gasteiger charge is -2.48. The molecule has 1 saturated heterocycles. The molecule has 1 saturated carbocycles. The van der Waals surface area contributed by atoms with E-state index in [9.17, 15) is 0 Å². The molecule has 1 aliphatic carbocycles. The Hall–Kier alpha value is -1.29. The molecule has 0 bridgehead atoms. The monoisotopic (exact) mass is 371 g/mol. The summed E-state index contributed by atoms with van der Waals surface area (Å²) < 4.78 is 6.39. The summed E-state index contributed by atoms with van der Waals surface area (Å²) in [5, 5.41) is 10.6. The minimum atomic E-state index is 0.162. The highest BCUT2D eigenvalue weighted by Crippen LogP contribution is 2.52. The minimum absolute atomic E-state index is 0.162. The fourth-order valence-electron chi connectivity index (χ4n) is 5.74. The van der Waals surface area contributed by atoms with Gasteiger partial charge in [0.2, 0.25) is 0 Å². The maximum Gasteiger partial charge on any atom is 0.0691 e. The fourth-order valence-corrected chi connectivity index (χ4v) is 5.74. The lowest BCUT2D eigenvalue weighted by atomic mass is 9.66. The second-order valence-electron chi connectivity index (χ2n) is 9.34. The first-order valence-corrected chi connectivity index (χ1v) is 11.2. The van der Waals surface area contributed by atoms with Crippen LogP contribution in [0, 0.1) is 5.41 Å². The molecule has 0 aromatic heterocycles. The molecule has 150 valence electrons. The van der Waals surface area contributed by atoms with Gasteiger partial charge in [0, 0.05) is 49.5 Å². The zero-order valence-electron chi connectivity index (χ0n) is 17.3. The first-order valence-electron chi connectivity index (χ1n) is 11.2. The van der Waals surface area contributed by atoms with Crippen LogP contribution in [0.3, 0.4) is 0 Å². The molecule has 0 aromatic rings. The van der Waals surface area contributed by atoms with Gasteiger partial charge in [-0.25, -0.2) is 0 Å². The number of nitrogens with one attached hydrogen (secondary N) is 1. The van der Waals surface area contributed by atoms with Crippen LogP contribution in [0.15, 0.2) is 29.0 Å². The molecule has 1 unspecified atom stereocenters. The molecule has 2 atom stereocenters. The Morgan fingerprint density at radius 1 is 1.26 bits per heavy atom. The predicted molar refractivity (Wildman–Crippen MR) is 112 cm³/mol. The highest BCUT2D eigenvalue weighted by atomic mass is 16.5. The Labute approximate surface area is 165 Å². The molecule has 4 nitrogen and oxygen atoms in total. The number of ether oxygens (including phenoxy) is 1. The summed E-state index contributed by atoms with van der Waals surface area (Å²) >= 11 is 0. The summed E-state index contributed by atoms with van der Waals surface area (Å²) in [5.41, 5.74) is 3.33. The maximum absolute atomic E-state index is 6.39. The Kier molecular flexibility index (Phi) is 5.63. The van der Waals surface area contributed by atoms with E-state index in [4.69, 9.17) is 9.84 Å². The van der Waals surface area contributed by atoms with Crippen LogP contribution in [-0.2, 0) is 4.74 Å². The summed E-state index contributed by atoms with van der Waals surface area (Å²) in [6, 6.07) is 0.576. The second kappa shape index (κ2) is 7.98. The third-order valence-electron chi connectivity index (χ3n) is 7.38. The molecule has 0 radical (unpaired) electrons. The van der Waals surface area contributed by atoms with Crippen molar-refractivity contribution in [2.24, 2.45) is 10.5 Å². The van der Waals surface area contributed by atoms with E-state index in [0.717, 1.165) is 19.6 Å². The third-order valence-corrected chi connectivity index (χ3v) is 7.38. The van der Waals surface area contributed by atoms with Gasteiger partial charge >= 0.3 is 0 Å². The van der Waals surface area contributed by atoms with Gasteiger partial charge in [-0.15, -0.1) is 0 Å². The average molecular weight is 372 g/mol. The summed E-state index contributed by atoms with van der Waals surface area (Å²) in [6.45, 7) is 4.17. The van der Waals surface area contributed by atoms with E-state index in [2.05, 4.69) is 42.5 Å². The summed E-state index contributed by atoms with van der Waals surface area (Å²) in [7, 11) is 2.10. The second-order valence-corrected chi connectivity index (χ2v) is 9.34. The van der Waals surface area contributed by atoms with Crippen LogP contribution in [0.2, 0.25) is 0 Å². The highest BCUT2D eigenvalue weighted by molar-refractivity contribution is 5.86. The number of nitrogens with zero attached hydrogens (tertiary/aromatic N) is 2. The maximum atomic E-state index is 6.39. The van der Waals surface area contributed by atoms with Gasteiger partial charge in [0.15, 0.2) is 0 Å². The standard InChI is InChI=1S/C23H37N3O/c1-19-17-20(25-26(19)2)9-3-5-11-22(21-10-4-8-15-24-21)14-16-27-23(18-22)12-6-7-13-23/h4,8,10,19,24H,3,5-7,9,11-18H2,1-2H3/t19?,22-/m1/s1. The predicted octanol–water partition coefficient (Wildman–Crippen LogP) is 4.78. The molecule has 2 fully saturated rings. The molecule has 3 aliphatic heterocycles. The molecule has 4 aliphatic rings. The lowest BCUT2D eigenvalue weighted by Crippen LogP contribution is -2.47. The molecule has 0 aromatic carbocycles. The van der Waals surface area contributed by atoms with Crippen molar-refractivity contribution in [3.8, 4) is 0 Å². The molecular formula is C23H37N3O. The van der Waals surface area contributed by atoms with E-state index >= 15 is 0 Å². The number of unbranched alkanes of at least 4 members (excludes halogenated alkanes) is 1. The van der Waals surface area contributed by atoms with Gasteiger partial charge < -0.3 is 10.1 Å². The van der Waals surface area contributed by atoms with Crippen molar-refractivity contribution in [1.82, 2.24) is 10.3 Å². The molecular weight excluding hydrogens is 334 g/mol. The molecule has 1 spiro atoms. The van der Waals surface area contributed by atoms with Gasteiger partial charge in [0.1, 0.15) is 0 Å². The van der Waals surface area contributed by atoms with Crippen molar-refractivity contribution < 1.29 is 4.74 Å². The summed E-state index contributed by atoms with van der Waals surface area (Å²) in [6.07, 6.45) is 20.5. The molecule has 27 heavy (non-hydrogen) atoms. The van der Waals surface area contributed by atoms with E-state index in [1.807, 2.05) is 0 Å². The van der Waals surface area contributed by atoms with E-state index in [1.54, 1.807) is 0 Å². The van der Waals surface area contributed by atoms with Crippen molar-refractivity contribution in [2.75, 3.05) is 20.2 Å². The smallest absolute Gasteiger partial charge is 0.0691 e. The van der Waals surface area contributed by atoms with Crippen molar-refractivity contribution in [1.29, 1.82) is 0 Å². The quantitative estimate of drug-likeness (QED) is 0.683. The number of rotatable bonds is 6. The number of hydrazone groups is 1. The van der Waals surface area contributed by atoms with Gasteiger partial charge in [0.25, 0.3) is 0 Å². The van der Waals surface area contributed by atoms with Crippen LogP contribution in [0.25, 0.3) is 0 Å². The Morgan fingerprint density at radius 3 is 2.81 bits per heavy atom. The Balaban J connectivity index is 1.40. The van der Waals surface area contributed by atoms with Crippen LogP contribution in [-0.4, -0.2) is 42.6 Å². The first kappa shape index (κ1) is 19.0. The fraction of sp³-hybridized carbons (Fsp3) is 0.783. The van der Waals surface area contributed by atoms with Gasteiger partial charge in [-0.3, -0.25) is 5.01 Å². The van der Waals surface area contributed by atoms with Crippen LogP contribution < -0.4 is 5.32 Å². The van der Waals surface area contributed by atoms with Crippen LogP contribution in [0.1, 0.15) is 77.6 Å². The van der Waals surface area contributed by atoms with Gasteiger partial charge in [0.05, 0.1) is 5.60 Å². The van der Waals surface area contributed by atoms with Crippen molar-refractivity contribution >= 4 is 5.71 Å². The van der Waals surface area contributed by atoms with E-state index in [0.29, 0.717) is 6.04 Å². The minimum Gasteiger partial charge on any atom is -0.384 e. The molecule has 1 N–H and O–H groups in total. The van der Waals surface area contributed by atoms with Gasteiger partial charge in [-0.1, -0.05) is 31.4 Å². The van der Waals surface area contributed by atoms with Crippen LogP contribution in [0.5, 0.6) is 0 Å². The number of allylic oxidation sites excluding steroid dienone is 3. The largest absolute Gasteiger partial charge is 0.384 e. The lowest BCUT2D eigenvalue weighted by molar-refractivity contribution is -0.116. The van der Waals surface area contributed by atoms with Gasteiger partial charge in [-0.05, 0) is 57.9 Å². The zero-order chi connectivity index (χ0) is 18.7. The third kappa shape index (κ3) is 4.11. The van der Waals surface area contributed by atoms with E-state index in [-0.39, 0.29) is 11.0 Å². The zero-order valence-corrected chi connectivity index (χ0v) is 17.3.